The van der Waals surface area contributed by atoms with Gasteiger partial charge in [-0.05, 0) is 13.3 Å². The van der Waals surface area contributed by atoms with Crippen LogP contribution in [-0.4, -0.2) is 26.2 Å². The second-order valence-corrected chi connectivity index (χ2v) is 3.30. The van der Waals surface area contributed by atoms with Crippen LogP contribution in [0.4, 0.5) is 0 Å². The van der Waals surface area contributed by atoms with Crippen molar-refractivity contribution in [3.63, 3.8) is 0 Å². The predicted molar refractivity (Wildman–Crippen MR) is 51.6 cm³/mol. The number of hydrogen-bond acceptors (Lipinski definition) is 4. The number of allylic oxidation sites excluding steroid dienone is 1. The molecule has 0 fully saturated rings. The third-order valence-electron chi connectivity index (χ3n) is 2.04. The lowest BCUT2D eigenvalue weighted by molar-refractivity contribution is -0.158. The molecule has 0 aliphatic heterocycles. The summed E-state index contributed by atoms with van der Waals surface area (Å²) in [5.74, 6) is -0.859. The molecule has 0 saturated heterocycles. The van der Waals surface area contributed by atoms with Crippen LogP contribution in [0, 0.1) is 5.41 Å². The van der Waals surface area contributed by atoms with Crippen LogP contribution in [-0.2, 0) is 19.1 Å². The highest BCUT2D eigenvalue weighted by Crippen LogP contribution is 2.28. The molecule has 14 heavy (non-hydrogen) atoms. The van der Waals surface area contributed by atoms with Crippen molar-refractivity contribution in [1.82, 2.24) is 0 Å². The summed E-state index contributed by atoms with van der Waals surface area (Å²) in [5, 5.41) is 0. The maximum absolute atomic E-state index is 11.4. The molecule has 0 saturated carbocycles. The molecule has 0 N–H and O–H groups in total. The molecule has 0 bridgehead atoms. The van der Waals surface area contributed by atoms with Crippen LogP contribution in [0.15, 0.2) is 12.7 Å². The van der Waals surface area contributed by atoms with Gasteiger partial charge in [0.05, 0.1) is 26.1 Å². The monoisotopic (exact) mass is 200 g/mol. The molecule has 0 rings (SSSR count). The molecule has 0 aromatic rings. The van der Waals surface area contributed by atoms with Crippen LogP contribution >= 0.6 is 0 Å². The zero-order chi connectivity index (χ0) is 11.2. The van der Waals surface area contributed by atoms with Gasteiger partial charge in [0.2, 0.25) is 0 Å². The van der Waals surface area contributed by atoms with Crippen LogP contribution in [0.3, 0.4) is 0 Å². The van der Waals surface area contributed by atoms with Gasteiger partial charge < -0.3 is 9.47 Å². The van der Waals surface area contributed by atoms with Crippen LogP contribution < -0.4 is 0 Å². The van der Waals surface area contributed by atoms with Crippen molar-refractivity contribution in [2.45, 2.75) is 19.8 Å². The summed E-state index contributed by atoms with van der Waals surface area (Å²) < 4.78 is 9.12. The van der Waals surface area contributed by atoms with Crippen LogP contribution in [0.2, 0.25) is 0 Å². The quantitative estimate of drug-likeness (QED) is 0.496. The van der Waals surface area contributed by atoms with E-state index in [0.29, 0.717) is 6.42 Å². The Morgan fingerprint density at radius 1 is 1.36 bits per heavy atom. The standard InChI is InChI=1S/C10H16O4/c1-5-6-10(2,9(12)14-4)7-8(11)13-3/h5H,1,6-7H2,2-4H3. The summed E-state index contributed by atoms with van der Waals surface area (Å²) in [5.41, 5.74) is -0.871. The fraction of sp³-hybridized carbons (Fsp3) is 0.600. The molecule has 0 aliphatic carbocycles. The Morgan fingerprint density at radius 3 is 2.29 bits per heavy atom. The molecular formula is C10H16O4. The first-order chi connectivity index (χ1) is 6.50. The van der Waals surface area contributed by atoms with Gasteiger partial charge in [0.1, 0.15) is 0 Å². The molecule has 0 spiro atoms. The highest BCUT2D eigenvalue weighted by atomic mass is 16.5. The zero-order valence-corrected chi connectivity index (χ0v) is 8.83. The van der Waals surface area contributed by atoms with E-state index in [1.54, 1.807) is 13.0 Å². The van der Waals surface area contributed by atoms with E-state index >= 15 is 0 Å². The van der Waals surface area contributed by atoms with Gasteiger partial charge in [-0.2, -0.15) is 0 Å². The third kappa shape index (κ3) is 3.20. The summed E-state index contributed by atoms with van der Waals surface area (Å²) in [6.45, 7) is 5.19. The average Bonchev–Trinajstić information content (AvgIpc) is 2.16. The molecule has 4 nitrogen and oxygen atoms in total. The lowest BCUT2D eigenvalue weighted by atomic mass is 9.83. The highest BCUT2D eigenvalue weighted by molar-refractivity contribution is 5.83. The molecule has 1 atom stereocenters. The van der Waals surface area contributed by atoms with Crippen LogP contribution in [0.5, 0.6) is 0 Å². The van der Waals surface area contributed by atoms with E-state index in [4.69, 9.17) is 0 Å². The molecule has 4 heteroatoms. The summed E-state index contributed by atoms with van der Waals surface area (Å²) >= 11 is 0. The first kappa shape index (κ1) is 12.7. The zero-order valence-electron chi connectivity index (χ0n) is 8.83. The minimum absolute atomic E-state index is 0.00218. The number of rotatable bonds is 5. The second kappa shape index (κ2) is 5.42. The molecule has 0 aliphatic rings. The van der Waals surface area contributed by atoms with Crippen molar-refractivity contribution in [2.24, 2.45) is 5.41 Å². The Labute approximate surface area is 83.9 Å². The number of esters is 2. The van der Waals surface area contributed by atoms with E-state index in [-0.39, 0.29) is 6.42 Å². The van der Waals surface area contributed by atoms with Crippen molar-refractivity contribution in [3.8, 4) is 0 Å². The van der Waals surface area contributed by atoms with E-state index in [0.717, 1.165) is 0 Å². The second-order valence-electron chi connectivity index (χ2n) is 3.30. The van der Waals surface area contributed by atoms with E-state index < -0.39 is 17.4 Å². The molecule has 0 heterocycles. The maximum Gasteiger partial charge on any atom is 0.312 e. The molecular weight excluding hydrogens is 184 g/mol. The van der Waals surface area contributed by atoms with Gasteiger partial charge >= 0.3 is 11.9 Å². The average molecular weight is 200 g/mol. The van der Waals surface area contributed by atoms with Crippen molar-refractivity contribution in [1.29, 1.82) is 0 Å². The normalized spacial score (nSPS) is 13.9. The van der Waals surface area contributed by atoms with Gasteiger partial charge in [-0.25, -0.2) is 0 Å². The number of ether oxygens (including phenoxy) is 2. The molecule has 0 aromatic carbocycles. The van der Waals surface area contributed by atoms with Gasteiger partial charge in [0, 0.05) is 0 Å². The summed E-state index contributed by atoms with van der Waals surface area (Å²) in [6.07, 6.45) is 1.97. The van der Waals surface area contributed by atoms with Crippen molar-refractivity contribution < 1.29 is 19.1 Å². The molecule has 0 amide bonds. The minimum Gasteiger partial charge on any atom is -0.469 e. The summed E-state index contributed by atoms with van der Waals surface area (Å²) in [7, 11) is 2.58. The Hall–Kier alpha value is -1.32. The molecule has 1 unspecified atom stereocenters. The summed E-state index contributed by atoms with van der Waals surface area (Å²) in [4.78, 5) is 22.5. The Morgan fingerprint density at radius 2 is 1.93 bits per heavy atom. The maximum atomic E-state index is 11.4. The first-order valence-corrected chi connectivity index (χ1v) is 4.26. The fourth-order valence-electron chi connectivity index (χ4n) is 1.18. The predicted octanol–water partition coefficient (Wildman–Crippen LogP) is 1.30. The molecule has 0 radical (unpaired) electrons. The Kier molecular flexibility index (Phi) is 4.91. The van der Waals surface area contributed by atoms with E-state index in [2.05, 4.69) is 16.1 Å². The SMILES string of the molecule is C=CCC(C)(CC(=O)OC)C(=O)OC. The van der Waals surface area contributed by atoms with E-state index in [1.165, 1.54) is 14.2 Å². The van der Waals surface area contributed by atoms with Gasteiger partial charge in [-0.15, -0.1) is 6.58 Å². The molecule has 80 valence electrons. The van der Waals surface area contributed by atoms with Gasteiger partial charge in [0.25, 0.3) is 0 Å². The lowest BCUT2D eigenvalue weighted by Gasteiger charge is -2.23. The topological polar surface area (TPSA) is 52.6 Å². The van der Waals surface area contributed by atoms with Crippen LogP contribution in [0.1, 0.15) is 19.8 Å². The minimum atomic E-state index is -0.871. The number of carbonyl (C=O) groups is 2. The lowest BCUT2D eigenvalue weighted by Crippen LogP contribution is -2.31. The Bertz CT molecular complexity index is 234. The first-order valence-electron chi connectivity index (χ1n) is 4.26. The van der Waals surface area contributed by atoms with Gasteiger partial charge in [-0.3, -0.25) is 9.59 Å². The largest absolute Gasteiger partial charge is 0.469 e. The van der Waals surface area contributed by atoms with Gasteiger partial charge in [-0.1, -0.05) is 6.08 Å². The van der Waals surface area contributed by atoms with Crippen molar-refractivity contribution in [2.75, 3.05) is 14.2 Å². The third-order valence-corrected chi connectivity index (χ3v) is 2.04. The number of carbonyl (C=O) groups excluding carboxylic acids is 2. The van der Waals surface area contributed by atoms with Gasteiger partial charge in [0.15, 0.2) is 0 Å². The van der Waals surface area contributed by atoms with Crippen molar-refractivity contribution in [3.05, 3.63) is 12.7 Å². The smallest absolute Gasteiger partial charge is 0.312 e. The van der Waals surface area contributed by atoms with Crippen molar-refractivity contribution >= 4 is 11.9 Å². The van der Waals surface area contributed by atoms with E-state index in [9.17, 15) is 9.59 Å². The summed E-state index contributed by atoms with van der Waals surface area (Å²) in [6, 6.07) is 0. The highest BCUT2D eigenvalue weighted by Gasteiger charge is 2.35. The van der Waals surface area contributed by atoms with E-state index in [1.807, 2.05) is 0 Å². The Balaban J connectivity index is 4.62. The number of hydrogen-bond donors (Lipinski definition) is 0. The van der Waals surface area contributed by atoms with Crippen LogP contribution in [0.25, 0.3) is 0 Å². The fourth-order valence-corrected chi connectivity index (χ4v) is 1.18. The molecule has 0 aromatic heterocycles. The number of methoxy groups -OCH3 is 2.